The van der Waals surface area contributed by atoms with Crippen LogP contribution in [0.25, 0.3) is 0 Å². The van der Waals surface area contributed by atoms with Crippen molar-refractivity contribution < 1.29 is 9.59 Å². The minimum atomic E-state index is -0.193. The third kappa shape index (κ3) is 5.26. The van der Waals surface area contributed by atoms with Crippen molar-refractivity contribution in [3.8, 4) is 0 Å². The Hall–Kier alpha value is -3.60. The number of benzene rings is 3. The third-order valence-electron chi connectivity index (χ3n) is 4.91. The van der Waals surface area contributed by atoms with Gasteiger partial charge in [-0.1, -0.05) is 48.5 Å². The molecule has 0 unspecified atom stereocenters. The lowest BCUT2D eigenvalue weighted by molar-refractivity contribution is 0.0953. The van der Waals surface area contributed by atoms with Crippen molar-refractivity contribution in [1.82, 2.24) is 5.32 Å². The van der Waals surface area contributed by atoms with Crippen LogP contribution < -0.4 is 15.5 Å². The summed E-state index contributed by atoms with van der Waals surface area (Å²) in [5.41, 5.74) is 4.59. The summed E-state index contributed by atoms with van der Waals surface area (Å²) in [6, 6.07) is 22.8. The second kappa shape index (κ2) is 9.74. The number of hydrogen-bond acceptors (Lipinski definition) is 3. The summed E-state index contributed by atoms with van der Waals surface area (Å²) in [7, 11) is 3.78. The summed E-state index contributed by atoms with van der Waals surface area (Å²) >= 11 is 0. The van der Waals surface area contributed by atoms with Crippen LogP contribution in [0, 0.1) is 6.92 Å². The maximum absolute atomic E-state index is 12.9. The first-order valence-electron chi connectivity index (χ1n) is 9.96. The second-order valence-corrected chi connectivity index (χ2v) is 7.39. The van der Waals surface area contributed by atoms with E-state index in [4.69, 9.17) is 0 Å². The molecular weight excluding hydrogens is 374 g/mol. The first kappa shape index (κ1) is 21.1. The van der Waals surface area contributed by atoms with Gasteiger partial charge >= 0.3 is 0 Å². The molecule has 3 aromatic rings. The van der Waals surface area contributed by atoms with Gasteiger partial charge in [-0.15, -0.1) is 0 Å². The number of hydrogen-bond donors (Lipinski definition) is 2. The van der Waals surface area contributed by atoms with Crippen molar-refractivity contribution in [2.24, 2.45) is 0 Å². The lowest BCUT2D eigenvalue weighted by Gasteiger charge is -2.19. The van der Waals surface area contributed by atoms with Crippen LogP contribution in [0.15, 0.2) is 72.8 Å². The molecule has 2 N–H and O–H groups in total. The SMILES string of the molecule is Cc1ccccc1C(=O)Nc1ccc(N(C)C)c(C(=O)NCCc2ccccc2)c1. The highest BCUT2D eigenvalue weighted by Crippen LogP contribution is 2.23. The van der Waals surface area contributed by atoms with E-state index in [0.29, 0.717) is 23.4 Å². The van der Waals surface area contributed by atoms with Crippen LogP contribution in [0.4, 0.5) is 11.4 Å². The number of rotatable bonds is 7. The first-order chi connectivity index (χ1) is 14.5. The van der Waals surface area contributed by atoms with Gasteiger partial charge < -0.3 is 15.5 Å². The number of anilines is 2. The molecule has 154 valence electrons. The Bertz CT molecular complexity index is 1030. The van der Waals surface area contributed by atoms with Crippen LogP contribution in [0.3, 0.4) is 0 Å². The minimum absolute atomic E-state index is 0.165. The molecule has 0 fully saturated rings. The number of nitrogens with zero attached hydrogens (tertiary/aromatic N) is 1. The van der Waals surface area contributed by atoms with Crippen molar-refractivity contribution in [2.45, 2.75) is 13.3 Å². The Labute approximate surface area is 177 Å². The van der Waals surface area contributed by atoms with Gasteiger partial charge in [-0.25, -0.2) is 0 Å². The van der Waals surface area contributed by atoms with Gasteiger partial charge in [0.05, 0.1) is 5.56 Å². The molecule has 5 nitrogen and oxygen atoms in total. The summed E-state index contributed by atoms with van der Waals surface area (Å²) in [6.07, 6.45) is 0.758. The average Bonchev–Trinajstić information content (AvgIpc) is 2.74. The fourth-order valence-corrected chi connectivity index (χ4v) is 3.27. The Kier molecular flexibility index (Phi) is 6.86. The second-order valence-electron chi connectivity index (χ2n) is 7.39. The summed E-state index contributed by atoms with van der Waals surface area (Å²) in [5, 5.41) is 5.89. The summed E-state index contributed by atoms with van der Waals surface area (Å²) in [4.78, 5) is 27.4. The minimum Gasteiger partial charge on any atom is -0.377 e. The predicted octanol–water partition coefficient (Wildman–Crippen LogP) is 4.29. The molecule has 0 saturated carbocycles. The zero-order chi connectivity index (χ0) is 21.5. The zero-order valence-electron chi connectivity index (χ0n) is 17.6. The lowest BCUT2D eigenvalue weighted by Crippen LogP contribution is -2.28. The smallest absolute Gasteiger partial charge is 0.255 e. The Morgan fingerprint density at radius 2 is 1.53 bits per heavy atom. The van der Waals surface area contributed by atoms with Crippen molar-refractivity contribution in [1.29, 1.82) is 0 Å². The van der Waals surface area contributed by atoms with Crippen LogP contribution >= 0.6 is 0 Å². The van der Waals surface area contributed by atoms with E-state index in [1.54, 1.807) is 12.1 Å². The number of carbonyl (C=O) groups is 2. The summed E-state index contributed by atoms with van der Waals surface area (Å²) in [6.45, 7) is 2.44. The van der Waals surface area contributed by atoms with Crippen LogP contribution in [-0.2, 0) is 6.42 Å². The average molecular weight is 402 g/mol. The predicted molar refractivity (Wildman–Crippen MR) is 122 cm³/mol. The fourth-order valence-electron chi connectivity index (χ4n) is 3.27. The van der Waals surface area contributed by atoms with Gasteiger partial charge in [-0.3, -0.25) is 9.59 Å². The third-order valence-corrected chi connectivity index (χ3v) is 4.91. The van der Waals surface area contributed by atoms with E-state index >= 15 is 0 Å². The molecule has 0 heterocycles. The molecule has 0 bridgehead atoms. The fraction of sp³-hybridized carbons (Fsp3) is 0.200. The molecule has 0 atom stereocenters. The standard InChI is InChI=1S/C25H27N3O2/c1-18-9-7-8-12-21(18)25(30)27-20-13-14-23(28(2)3)22(17-20)24(29)26-16-15-19-10-5-4-6-11-19/h4-14,17H,15-16H2,1-3H3,(H,26,29)(H,27,30). The molecule has 2 amide bonds. The molecule has 5 heteroatoms. The molecular formula is C25H27N3O2. The van der Waals surface area contributed by atoms with Gasteiger partial charge in [0.1, 0.15) is 0 Å². The van der Waals surface area contributed by atoms with Gasteiger partial charge in [-0.2, -0.15) is 0 Å². The van der Waals surface area contributed by atoms with Gasteiger partial charge in [0.2, 0.25) is 0 Å². The summed E-state index contributed by atoms with van der Waals surface area (Å²) < 4.78 is 0. The number of aryl methyl sites for hydroxylation is 1. The van der Waals surface area contributed by atoms with Crippen molar-refractivity contribution in [3.05, 3.63) is 95.1 Å². The van der Waals surface area contributed by atoms with Gasteiger partial charge in [0.25, 0.3) is 11.8 Å². The molecule has 3 rings (SSSR count). The van der Waals surface area contributed by atoms with Crippen LogP contribution in [-0.4, -0.2) is 32.5 Å². The van der Waals surface area contributed by atoms with Gasteiger partial charge in [0.15, 0.2) is 0 Å². The molecule has 0 aliphatic heterocycles. The first-order valence-corrected chi connectivity index (χ1v) is 9.96. The molecule has 0 aromatic heterocycles. The number of nitrogens with one attached hydrogen (secondary N) is 2. The van der Waals surface area contributed by atoms with Crippen molar-refractivity contribution >= 4 is 23.2 Å². The largest absolute Gasteiger partial charge is 0.377 e. The molecule has 0 spiro atoms. The molecule has 0 aliphatic rings. The molecule has 30 heavy (non-hydrogen) atoms. The number of amides is 2. The van der Waals surface area contributed by atoms with Crippen LogP contribution in [0.5, 0.6) is 0 Å². The van der Waals surface area contributed by atoms with E-state index in [9.17, 15) is 9.59 Å². The highest BCUT2D eigenvalue weighted by molar-refractivity contribution is 6.07. The Balaban J connectivity index is 1.74. The van der Waals surface area contributed by atoms with Crippen LogP contribution in [0.2, 0.25) is 0 Å². The van der Waals surface area contributed by atoms with E-state index in [2.05, 4.69) is 10.6 Å². The van der Waals surface area contributed by atoms with E-state index in [1.165, 1.54) is 5.56 Å². The van der Waals surface area contributed by atoms with Crippen molar-refractivity contribution in [2.75, 3.05) is 30.9 Å². The molecule has 0 aliphatic carbocycles. The zero-order valence-corrected chi connectivity index (χ0v) is 17.6. The molecule has 3 aromatic carbocycles. The highest BCUT2D eigenvalue weighted by atomic mass is 16.2. The van der Waals surface area contributed by atoms with E-state index in [0.717, 1.165) is 17.7 Å². The van der Waals surface area contributed by atoms with Gasteiger partial charge in [0, 0.05) is 37.6 Å². The Morgan fingerprint density at radius 1 is 0.833 bits per heavy atom. The Morgan fingerprint density at radius 3 is 2.23 bits per heavy atom. The lowest BCUT2D eigenvalue weighted by atomic mass is 10.1. The van der Waals surface area contributed by atoms with Gasteiger partial charge in [-0.05, 0) is 48.7 Å². The molecule has 0 saturated heterocycles. The monoisotopic (exact) mass is 401 g/mol. The normalized spacial score (nSPS) is 10.4. The van der Waals surface area contributed by atoms with Crippen LogP contribution in [0.1, 0.15) is 31.8 Å². The molecule has 0 radical (unpaired) electrons. The summed E-state index contributed by atoms with van der Waals surface area (Å²) in [5.74, 6) is -0.359. The maximum atomic E-state index is 12.9. The topological polar surface area (TPSA) is 61.4 Å². The van der Waals surface area contributed by atoms with Crippen molar-refractivity contribution in [3.63, 3.8) is 0 Å². The number of carbonyl (C=O) groups excluding carboxylic acids is 2. The highest BCUT2D eigenvalue weighted by Gasteiger charge is 2.15. The van der Waals surface area contributed by atoms with E-state index in [-0.39, 0.29) is 11.8 Å². The maximum Gasteiger partial charge on any atom is 0.255 e. The van der Waals surface area contributed by atoms with E-state index in [1.807, 2.05) is 86.6 Å². The van der Waals surface area contributed by atoms with E-state index < -0.39 is 0 Å². The quantitative estimate of drug-likeness (QED) is 0.621.